The Morgan fingerprint density at radius 1 is 1.56 bits per heavy atom. The fourth-order valence-corrected chi connectivity index (χ4v) is 2.61. The molecule has 1 aromatic rings. The maximum absolute atomic E-state index is 11.8. The first-order valence-corrected chi connectivity index (χ1v) is 7.57. The SMILES string of the molecule is CSc1ncc(Br)c(N2CC(C(=O)N(C)C)C2)n1. The summed E-state index contributed by atoms with van der Waals surface area (Å²) < 4.78 is 0.871. The van der Waals surface area contributed by atoms with Gasteiger partial charge in [-0.05, 0) is 22.2 Å². The zero-order chi connectivity index (χ0) is 13.3. The van der Waals surface area contributed by atoms with Crippen molar-refractivity contribution in [2.24, 2.45) is 5.92 Å². The molecule has 0 radical (unpaired) electrons. The lowest BCUT2D eigenvalue weighted by atomic mass is 9.99. The van der Waals surface area contributed by atoms with E-state index in [2.05, 4.69) is 30.8 Å². The van der Waals surface area contributed by atoms with Gasteiger partial charge in [0, 0.05) is 33.4 Å². The lowest BCUT2D eigenvalue weighted by Crippen LogP contribution is -2.53. The number of rotatable bonds is 3. The predicted molar refractivity (Wildman–Crippen MR) is 75.9 cm³/mol. The van der Waals surface area contributed by atoms with Gasteiger partial charge in [-0.15, -0.1) is 0 Å². The molecule has 2 rings (SSSR count). The van der Waals surface area contributed by atoms with Crippen LogP contribution in [0.1, 0.15) is 0 Å². The molecule has 1 fully saturated rings. The summed E-state index contributed by atoms with van der Waals surface area (Å²) >= 11 is 4.96. The van der Waals surface area contributed by atoms with E-state index in [9.17, 15) is 4.79 Å². The van der Waals surface area contributed by atoms with Gasteiger partial charge < -0.3 is 9.80 Å². The van der Waals surface area contributed by atoms with Crippen molar-refractivity contribution in [2.45, 2.75) is 5.16 Å². The average Bonchev–Trinajstić information content (AvgIpc) is 2.29. The second-order valence-electron chi connectivity index (χ2n) is 4.36. The minimum Gasteiger partial charge on any atom is -0.354 e. The van der Waals surface area contributed by atoms with Crippen LogP contribution in [0.2, 0.25) is 0 Å². The molecule has 5 nitrogen and oxygen atoms in total. The summed E-state index contributed by atoms with van der Waals surface area (Å²) in [6, 6.07) is 0. The van der Waals surface area contributed by atoms with Crippen molar-refractivity contribution in [3.63, 3.8) is 0 Å². The quantitative estimate of drug-likeness (QED) is 0.620. The number of aromatic nitrogens is 2. The summed E-state index contributed by atoms with van der Waals surface area (Å²) in [5.41, 5.74) is 0. The third-order valence-electron chi connectivity index (χ3n) is 2.86. The number of hydrogen-bond donors (Lipinski definition) is 0. The molecule has 1 aliphatic rings. The van der Waals surface area contributed by atoms with Crippen LogP contribution in [0.5, 0.6) is 0 Å². The standard InChI is InChI=1S/C11H15BrN4OS/c1-15(2)10(17)7-5-16(6-7)9-8(12)4-13-11(14-9)18-3/h4,7H,5-6H2,1-3H3. The number of carbonyl (C=O) groups excluding carboxylic acids is 1. The van der Waals surface area contributed by atoms with E-state index < -0.39 is 0 Å². The molecule has 1 saturated heterocycles. The van der Waals surface area contributed by atoms with Gasteiger partial charge in [-0.25, -0.2) is 9.97 Å². The predicted octanol–water partition coefficient (Wildman–Crippen LogP) is 1.49. The molecule has 0 atom stereocenters. The number of hydrogen-bond acceptors (Lipinski definition) is 5. The zero-order valence-electron chi connectivity index (χ0n) is 10.6. The molecular formula is C11H15BrN4OS. The summed E-state index contributed by atoms with van der Waals surface area (Å²) in [6.07, 6.45) is 3.71. The minimum atomic E-state index is 0.0830. The Morgan fingerprint density at radius 3 is 2.78 bits per heavy atom. The summed E-state index contributed by atoms with van der Waals surface area (Å²) in [5, 5.41) is 0.746. The first-order chi connectivity index (χ1) is 8.52. The van der Waals surface area contributed by atoms with E-state index in [0.29, 0.717) is 0 Å². The number of amides is 1. The monoisotopic (exact) mass is 330 g/mol. The fourth-order valence-electron chi connectivity index (χ4n) is 1.84. The Balaban J connectivity index is 2.06. The Kier molecular flexibility index (Phi) is 4.11. The smallest absolute Gasteiger partial charge is 0.228 e. The van der Waals surface area contributed by atoms with Crippen LogP contribution in [0.25, 0.3) is 0 Å². The van der Waals surface area contributed by atoms with E-state index in [1.54, 1.807) is 25.2 Å². The van der Waals surface area contributed by atoms with Gasteiger partial charge in [0.2, 0.25) is 5.91 Å². The number of thioether (sulfide) groups is 1. The molecule has 0 bridgehead atoms. The third kappa shape index (κ3) is 2.61. The van der Waals surface area contributed by atoms with Crippen molar-refractivity contribution in [3.8, 4) is 0 Å². The normalized spacial score (nSPS) is 15.4. The van der Waals surface area contributed by atoms with Gasteiger partial charge in [-0.3, -0.25) is 4.79 Å². The van der Waals surface area contributed by atoms with Gasteiger partial charge in [0.15, 0.2) is 5.16 Å². The second-order valence-corrected chi connectivity index (χ2v) is 5.99. The second kappa shape index (κ2) is 5.44. The van der Waals surface area contributed by atoms with Gasteiger partial charge in [0.1, 0.15) is 5.82 Å². The number of carbonyl (C=O) groups is 1. The molecular weight excluding hydrogens is 316 g/mol. The van der Waals surface area contributed by atoms with Crippen molar-refractivity contribution in [2.75, 3.05) is 38.3 Å². The van der Waals surface area contributed by atoms with Crippen molar-refractivity contribution in [1.82, 2.24) is 14.9 Å². The van der Waals surface area contributed by atoms with Gasteiger partial charge in [0.25, 0.3) is 0 Å². The van der Waals surface area contributed by atoms with E-state index in [4.69, 9.17) is 0 Å². The van der Waals surface area contributed by atoms with Crippen LogP contribution in [0.4, 0.5) is 5.82 Å². The highest BCUT2D eigenvalue weighted by Crippen LogP contribution is 2.31. The first-order valence-electron chi connectivity index (χ1n) is 5.55. The van der Waals surface area contributed by atoms with Gasteiger partial charge >= 0.3 is 0 Å². The van der Waals surface area contributed by atoms with Crippen LogP contribution < -0.4 is 4.90 Å². The van der Waals surface area contributed by atoms with Crippen molar-refractivity contribution >= 4 is 39.4 Å². The zero-order valence-corrected chi connectivity index (χ0v) is 13.0. The summed E-state index contributed by atoms with van der Waals surface area (Å²) in [7, 11) is 3.58. The Labute approximate surface area is 119 Å². The number of nitrogens with zero attached hydrogens (tertiary/aromatic N) is 4. The molecule has 98 valence electrons. The van der Waals surface area contributed by atoms with E-state index >= 15 is 0 Å². The van der Waals surface area contributed by atoms with Gasteiger partial charge in [0.05, 0.1) is 10.4 Å². The maximum Gasteiger partial charge on any atom is 0.228 e. The topological polar surface area (TPSA) is 49.3 Å². The average molecular weight is 331 g/mol. The van der Waals surface area contributed by atoms with Crippen LogP contribution >= 0.6 is 27.7 Å². The van der Waals surface area contributed by atoms with E-state index in [0.717, 1.165) is 28.5 Å². The molecule has 1 amide bonds. The largest absolute Gasteiger partial charge is 0.354 e. The van der Waals surface area contributed by atoms with E-state index in [1.807, 2.05) is 6.26 Å². The molecule has 18 heavy (non-hydrogen) atoms. The lowest BCUT2D eigenvalue weighted by Gasteiger charge is -2.40. The van der Waals surface area contributed by atoms with Crippen molar-refractivity contribution in [1.29, 1.82) is 0 Å². The van der Waals surface area contributed by atoms with Crippen LogP contribution in [0, 0.1) is 5.92 Å². The van der Waals surface area contributed by atoms with Crippen LogP contribution in [0.3, 0.4) is 0 Å². The lowest BCUT2D eigenvalue weighted by molar-refractivity contribution is -0.133. The molecule has 0 saturated carbocycles. The first kappa shape index (κ1) is 13.6. The third-order valence-corrected chi connectivity index (χ3v) is 3.98. The highest BCUT2D eigenvalue weighted by molar-refractivity contribution is 9.10. The number of anilines is 1. The van der Waals surface area contributed by atoms with Crippen LogP contribution in [-0.4, -0.2) is 54.2 Å². The minimum absolute atomic E-state index is 0.0830. The highest BCUT2D eigenvalue weighted by Gasteiger charge is 2.35. The molecule has 0 aromatic carbocycles. The van der Waals surface area contributed by atoms with E-state index in [1.165, 1.54) is 11.8 Å². The maximum atomic E-state index is 11.8. The molecule has 2 heterocycles. The Bertz CT molecular complexity index is 462. The Morgan fingerprint density at radius 2 is 2.22 bits per heavy atom. The molecule has 0 unspecified atom stereocenters. The molecule has 0 spiro atoms. The molecule has 1 aromatic heterocycles. The van der Waals surface area contributed by atoms with Crippen molar-refractivity contribution in [3.05, 3.63) is 10.7 Å². The molecule has 0 aliphatic carbocycles. The van der Waals surface area contributed by atoms with Gasteiger partial charge in [-0.2, -0.15) is 0 Å². The summed E-state index contributed by atoms with van der Waals surface area (Å²) in [6.45, 7) is 1.45. The Hall–Kier alpha value is -0.820. The summed E-state index contributed by atoms with van der Waals surface area (Å²) in [4.78, 5) is 24.1. The van der Waals surface area contributed by atoms with Crippen molar-refractivity contribution < 1.29 is 4.79 Å². The van der Waals surface area contributed by atoms with E-state index in [-0.39, 0.29) is 11.8 Å². The number of halogens is 1. The molecule has 0 N–H and O–H groups in total. The molecule has 7 heteroatoms. The van der Waals surface area contributed by atoms with Crippen LogP contribution in [0.15, 0.2) is 15.8 Å². The van der Waals surface area contributed by atoms with Gasteiger partial charge in [-0.1, -0.05) is 11.8 Å². The van der Waals surface area contributed by atoms with Crippen LogP contribution in [-0.2, 0) is 4.79 Å². The fraction of sp³-hybridized carbons (Fsp3) is 0.545. The summed E-state index contributed by atoms with van der Waals surface area (Å²) in [5.74, 6) is 1.14. The highest BCUT2D eigenvalue weighted by atomic mass is 79.9. The molecule has 1 aliphatic heterocycles.